The first-order valence-electron chi connectivity index (χ1n) is 8.67. The van der Waals surface area contributed by atoms with E-state index in [2.05, 4.69) is 45.9 Å². The van der Waals surface area contributed by atoms with Crippen molar-refractivity contribution in [3.8, 4) is 11.3 Å². The van der Waals surface area contributed by atoms with E-state index < -0.39 is 5.97 Å². The third-order valence-corrected chi connectivity index (χ3v) is 4.65. The van der Waals surface area contributed by atoms with Crippen molar-refractivity contribution in [3.63, 3.8) is 0 Å². The Labute approximate surface area is 155 Å². The van der Waals surface area contributed by atoms with E-state index in [0.717, 1.165) is 16.3 Å². The topological polar surface area (TPSA) is 95.0 Å². The maximum atomic E-state index is 11.2. The lowest BCUT2D eigenvalue weighted by atomic mass is 10.0. The summed E-state index contributed by atoms with van der Waals surface area (Å²) in [5.74, 6) is -0.631. The average Bonchev–Trinajstić information content (AvgIpc) is 3.09. The number of nitrogens with one attached hydrogen (secondary N) is 1. The number of rotatable bonds is 4. The van der Waals surface area contributed by atoms with Crippen LogP contribution in [0.25, 0.3) is 33.3 Å². The monoisotopic (exact) mass is 361 g/mol. The lowest BCUT2D eigenvalue weighted by Gasteiger charge is -2.24. The summed E-state index contributed by atoms with van der Waals surface area (Å²) >= 11 is 0. The van der Waals surface area contributed by atoms with Gasteiger partial charge in [-0.2, -0.15) is 0 Å². The Morgan fingerprint density at radius 2 is 1.81 bits per heavy atom. The van der Waals surface area contributed by atoms with Crippen molar-refractivity contribution in [2.24, 2.45) is 0 Å². The zero-order chi connectivity index (χ0) is 19.1. The molecule has 0 aliphatic carbocycles. The molecule has 2 aromatic heterocycles. The molecule has 136 valence electrons. The molecule has 0 fully saturated rings. The molecule has 0 saturated carbocycles. The molecule has 27 heavy (non-hydrogen) atoms. The van der Waals surface area contributed by atoms with Gasteiger partial charge in [0.25, 0.3) is 0 Å². The first-order valence-corrected chi connectivity index (χ1v) is 8.67. The third kappa shape index (κ3) is 2.97. The Kier molecular flexibility index (Phi) is 3.99. The molecule has 2 aromatic carbocycles. The predicted octanol–water partition coefficient (Wildman–Crippen LogP) is 3.72. The molecule has 0 radical (unpaired) electrons. The van der Waals surface area contributed by atoms with Crippen LogP contribution in [0, 0.1) is 0 Å². The molecule has 0 saturated heterocycles. The molecular formula is C20H19N5O2. The van der Waals surface area contributed by atoms with Crippen molar-refractivity contribution in [2.45, 2.75) is 19.9 Å². The van der Waals surface area contributed by atoms with Crippen LogP contribution >= 0.6 is 0 Å². The van der Waals surface area contributed by atoms with E-state index in [0.29, 0.717) is 17.2 Å². The number of H-pyrrole nitrogens is 1. The highest BCUT2D eigenvalue weighted by atomic mass is 16.4. The number of carboxylic acid groups (broad SMARTS) is 1. The standard InChI is InChI=1S/C20H19N5O2/c1-11(2)25(3)19-15(14-9-8-12-6-4-5-7-13(12)10-14)21-16-17(24-19)23-18(22-16)20(26)27/h4-11H,1-3H3,(H,26,27)(H,21,22,23,24). The number of aromatic carboxylic acids is 1. The van der Waals surface area contributed by atoms with Crippen LogP contribution in [0.4, 0.5) is 5.82 Å². The van der Waals surface area contributed by atoms with Gasteiger partial charge in [-0.25, -0.2) is 19.7 Å². The van der Waals surface area contributed by atoms with Crippen LogP contribution in [0.15, 0.2) is 42.5 Å². The van der Waals surface area contributed by atoms with E-state index in [1.165, 1.54) is 0 Å². The van der Waals surface area contributed by atoms with E-state index in [-0.39, 0.29) is 17.5 Å². The van der Waals surface area contributed by atoms with Gasteiger partial charge < -0.3 is 15.0 Å². The van der Waals surface area contributed by atoms with Crippen molar-refractivity contribution in [1.29, 1.82) is 0 Å². The second-order valence-corrected chi connectivity index (χ2v) is 6.73. The highest BCUT2D eigenvalue weighted by Crippen LogP contribution is 2.31. The van der Waals surface area contributed by atoms with Gasteiger partial charge in [0.2, 0.25) is 5.82 Å². The number of hydrogen-bond acceptors (Lipinski definition) is 5. The van der Waals surface area contributed by atoms with Crippen molar-refractivity contribution >= 4 is 33.9 Å². The van der Waals surface area contributed by atoms with Crippen LogP contribution in [0.2, 0.25) is 0 Å². The van der Waals surface area contributed by atoms with Gasteiger partial charge in [0.1, 0.15) is 5.69 Å². The van der Waals surface area contributed by atoms with Crippen molar-refractivity contribution in [2.75, 3.05) is 11.9 Å². The van der Waals surface area contributed by atoms with Gasteiger partial charge in [0.15, 0.2) is 17.1 Å². The van der Waals surface area contributed by atoms with E-state index in [1.807, 2.05) is 42.3 Å². The van der Waals surface area contributed by atoms with Crippen molar-refractivity contribution < 1.29 is 9.90 Å². The molecule has 4 rings (SSSR count). The predicted molar refractivity (Wildman–Crippen MR) is 105 cm³/mol. The first-order chi connectivity index (χ1) is 12.9. The maximum Gasteiger partial charge on any atom is 0.372 e. The quantitative estimate of drug-likeness (QED) is 0.575. The number of aromatic nitrogens is 4. The number of aromatic amines is 1. The minimum Gasteiger partial charge on any atom is -0.475 e. The summed E-state index contributed by atoms with van der Waals surface area (Å²) < 4.78 is 0. The Morgan fingerprint density at radius 3 is 2.52 bits per heavy atom. The Bertz CT molecular complexity index is 1170. The van der Waals surface area contributed by atoms with E-state index in [4.69, 9.17) is 0 Å². The van der Waals surface area contributed by atoms with Crippen molar-refractivity contribution in [3.05, 3.63) is 48.3 Å². The fourth-order valence-corrected chi connectivity index (χ4v) is 2.95. The van der Waals surface area contributed by atoms with Gasteiger partial charge in [-0.3, -0.25) is 0 Å². The summed E-state index contributed by atoms with van der Waals surface area (Å²) in [5.41, 5.74) is 2.23. The number of imidazole rings is 1. The molecule has 0 aliphatic heterocycles. The number of anilines is 1. The summed E-state index contributed by atoms with van der Waals surface area (Å²) in [6.45, 7) is 4.12. The second-order valence-electron chi connectivity index (χ2n) is 6.73. The van der Waals surface area contributed by atoms with Gasteiger partial charge in [0, 0.05) is 18.7 Å². The highest BCUT2D eigenvalue weighted by Gasteiger charge is 2.20. The number of hydrogen-bond donors (Lipinski definition) is 2. The van der Waals surface area contributed by atoms with Crippen LogP contribution in [-0.2, 0) is 0 Å². The van der Waals surface area contributed by atoms with E-state index in [9.17, 15) is 9.90 Å². The summed E-state index contributed by atoms with van der Waals surface area (Å²) in [4.78, 5) is 29.3. The fourth-order valence-electron chi connectivity index (χ4n) is 2.95. The minimum atomic E-state index is -1.14. The molecule has 0 spiro atoms. The molecule has 4 aromatic rings. The molecule has 0 bridgehead atoms. The molecule has 7 nitrogen and oxygen atoms in total. The largest absolute Gasteiger partial charge is 0.475 e. The van der Waals surface area contributed by atoms with Crippen LogP contribution in [-0.4, -0.2) is 44.1 Å². The lowest BCUT2D eigenvalue weighted by molar-refractivity contribution is 0.0685. The SMILES string of the molecule is CC(C)N(C)c1nc2[nH]c(C(=O)O)nc2nc1-c1ccc2ccccc2c1. The molecule has 0 unspecified atom stereocenters. The fraction of sp³-hybridized carbons (Fsp3) is 0.200. The molecule has 0 atom stereocenters. The normalized spacial score (nSPS) is 11.4. The summed E-state index contributed by atoms with van der Waals surface area (Å²) in [6, 6.07) is 14.4. The number of fused-ring (bicyclic) bond motifs is 2. The first kappa shape index (κ1) is 17.0. The summed E-state index contributed by atoms with van der Waals surface area (Å²) in [7, 11) is 1.94. The van der Waals surface area contributed by atoms with Gasteiger partial charge >= 0.3 is 5.97 Å². The Hall–Kier alpha value is -3.48. The highest BCUT2D eigenvalue weighted by molar-refractivity contribution is 5.91. The van der Waals surface area contributed by atoms with Crippen LogP contribution in [0.3, 0.4) is 0 Å². The second kappa shape index (κ2) is 6.35. The van der Waals surface area contributed by atoms with Crippen LogP contribution in [0.1, 0.15) is 24.5 Å². The minimum absolute atomic E-state index is 0.168. The average molecular weight is 361 g/mol. The van der Waals surface area contributed by atoms with Gasteiger partial charge in [-0.1, -0.05) is 36.4 Å². The molecule has 7 heteroatoms. The Balaban J connectivity index is 1.97. The summed E-state index contributed by atoms with van der Waals surface area (Å²) in [6.07, 6.45) is 0. The molecule has 2 heterocycles. The van der Waals surface area contributed by atoms with E-state index >= 15 is 0 Å². The van der Waals surface area contributed by atoms with Crippen LogP contribution in [0.5, 0.6) is 0 Å². The molecule has 2 N–H and O–H groups in total. The Morgan fingerprint density at radius 1 is 1.07 bits per heavy atom. The van der Waals surface area contributed by atoms with Crippen LogP contribution < -0.4 is 4.90 Å². The summed E-state index contributed by atoms with van der Waals surface area (Å²) in [5, 5.41) is 11.4. The van der Waals surface area contributed by atoms with Gasteiger partial charge in [-0.15, -0.1) is 0 Å². The number of benzene rings is 2. The smallest absolute Gasteiger partial charge is 0.372 e. The van der Waals surface area contributed by atoms with Gasteiger partial charge in [-0.05, 0) is 30.7 Å². The third-order valence-electron chi connectivity index (χ3n) is 4.65. The molecule has 0 amide bonds. The number of nitrogens with zero attached hydrogens (tertiary/aromatic N) is 4. The number of carboxylic acids is 1. The maximum absolute atomic E-state index is 11.2. The lowest BCUT2D eigenvalue weighted by Crippen LogP contribution is -2.27. The van der Waals surface area contributed by atoms with Gasteiger partial charge in [0.05, 0.1) is 0 Å². The molecule has 0 aliphatic rings. The molecular weight excluding hydrogens is 342 g/mol. The number of carbonyl (C=O) groups is 1. The zero-order valence-electron chi connectivity index (χ0n) is 15.3. The van der Waals surface area contributed by atoms with E-state index in [1.54, 1.807) is 0 Å². The zero-order valence-corrected chi connectivity index (χ0v) is 15.3. The van der Waals surface area contributed by atoms with Crippen molar-refractivity contribution in [1.82, 2.24) is 19.9 Å².